The third-order valence-corrected chi connectivity index (χ3v) is 2.74. The number of hydrogen-bond acceptors (Lipinski definition) is 3. The van der Waals surface area contributed by atoms with Crippen molar-refractivity contribution in [3.05, 3.63) is 35.1 Å². The molecule has 0 amide bonds. The van der Waals surface area contributed by atoms with Gasteiger partial charge in [-0.3, -0.25) is 0 Å². The molecule has 3 nitrogen and oxygen atoms in total. The SMILES string of the molecule is CC1(OCc2ccc(F)c(C#N)c2)CNC1. The zero-order valence-corrected chi connectivity index (χ0v) is 9.09. The second kappa shape index (κ2) is 4.20. The molecule has 0 atom stereocenters. The Hall–Kier alpha value is -1.44. The maximum Gasteiger partial charge on any atom is 0.140 e. The molecule has 2 rings (SSSR count). The van der Waals surface area contributed by atoms with Crippen molar-refractivity contribution in [2.24, 2.45) is 0 Å². The van der Waals surface area contributed by atoms with E-state index in [0.29, 0.717) is 6.61 Å². The van der Waals surface area contributed by atoms with Crippen LogP contribution in [0.2, 0.25) is 0 Å². The highest BCUT2D eigenvalue weighted by Gasteiger charge is 2.32. The molecule has 1 N–H and O–H groups in total. The van der Waals surface area contributed by atoms with E-state index in [4.69, 9.17) is 10.00 Å². The molecule has 1 heterocycles. The van der Waals surface area contributed by atoms with E-state index in [1.165, 1.54) is 12.1 Å². The quantitative estimate of drug-likeness (QED) is 0.841. The van der Waals surface area contributed by atoms with Crippen LogP contribution in [-0.4, -0.2) is 18.7 Å². The molecular formula is C12H13FN2O. The second-order valence-corrected chi connectivity index (χ2v) is 4.27. The van der Waals surface area contributed by atoms with Gasteiger partial charge in [0.05, 0.1) is 17.8 Å². The summed E-state index contributed by atoms with van der Waals surface area (Å²) >= 11 is 0. The molecular weight excluding hydrogens is 207 g/mol. The fourth-order valence-corrected chi connectivity index (χ4v) is 1.58. The van der Waals surface area contributed by atoms with Crippen LogP contribution in [-0.2, 0) is 11.3 Å². The topological polar surface area (TPSA) is 45.0 Å². The van der Waals surface area contributed by atoms with E-state index in [0.717, 1.165) is 18.7 Å². The number of ether oxygens (including phenoxy) is 1. The summed E-state index contributed by atoms with van der Waals surface area (Å²) in [6, 6.07) is 6.30. The van der Waals surface area contributed by atoms with Crippen molar-refractivity contribution in [1.29, 1.82) is 5.26 Å². The molecule has 1 saturated heterocycles. The third kappa shape index (κ3) is 2.21. The summed E-state index contributed by atoms with van der Waals surface area (Å²) < 4.78 is 18.7. The van der Waals surface area contributed by atoms with E-state index >= 15 is 0 Å². The van der Waals surface area contributed by atoms with Gasteiger partial charge < -0.3 is 10.1 Å². The Bertz CT molecular complexity index is 435. The Labute approximate surface area is 93.8 Å². The molecule has 4 heteroatoms. The van der Waals surface area contributed by atoms with Gasteiger partial charge in [0.15, 0.2) is 0 Å². The molecule has 0 aromatic heterocycles. The minimum absolute atomic E-state index is 0.0676. The normalized spacial score (nSPS) is 17.6. The van der Waals surface area contributed by atoms with Crippen LogP contribution in [0.25, 0.3) is 0 Å². The maximum absolute atomic E-state index is 13.0. The second-order valence-electron chi connectivity index (χ2n) is 4.27. The summed E-state index contributed by atoms with van der Waals surface area (Å²) in [7, 11) is 0. The first-order chi connectivity index (χ1) is 7.63. The van der Waals surface area contributed by atoms with Crippen molar-refractivity contribution in [1.82, 2.24) is 5.32 Å². The van der Waals surface area contributed by atoms with Crippen LogP contribution in [0.15, 0.2) is 18.2 Å². The Morgan fingerprint density at radius 1 is 1.56 bits per heavy atom. The average molecular weight is 220 g/mol. The van der Waals surface area contributed by atoms with E-state index in [9.17, 15) is 4.39 Å². The van der Waals surface area contributed by atoms with Crippen molar-refractivity contribution in [3.63, 3.8) is 0 Å². The predicted molar refractivity (Wildman–Crippen MR) is 57.2 cm³/mol. The monoisotopic (exact) mass is 220 g/mol. The largest absolute Gasteiger partial charge is 0.368 e. The number of nitrogens with one attached hydrogen (secondary N) is 1. The lowest BCUT2D eigenvalue weighted by atomic mass is 10.00. The number of rotatable bonds is 3. The van der Waals surface area contributed by atoms with Crippen molar-refractivity contribution >= 4 is 0 Å². The van der Waals surface area contributed by atoms with Crippen LogP contribution in [0, 0.1) is 17.1 Å². The highest BCUT2D eigenvalue weighted by Crippen LogP contribution is 2.18. The fourth-order valence-electron chi connectivity index (χ4n) is 1.58. The summed E-state index contributed by atoms with van der Waals surface area (Å²) in [4.78, 5) is 0. The van der Waals surface area contributed by atoms with E-state index in [1.807, 2.05) is 13.0 Å². The van der Waals surface area contributed by atoms with Crippen LogP contribution >= 0.6 is 0 Å². The summed E-state index contributed by atoms with van der Waals surface area (Å²) in [5, 5.41) is 11.8. The van der Waals surface area contributed by atoms with Gasteiger partial charge in [-0.25, -0.2) is 4.39 Å². The average Bonchev–Trinajstić information content (AvgIpc) is 2.25. The number of nitriles is 1. The lowest BCUT2D eigenvalue weighted by Gasteiger charge is -2.39. The van der Waals surface area contributed by atoms with Crippen LogP contribution in [0.4, 0.5) is 4.39 Å². The Morgan fingerprint density at radius 3 is 2.88 bits per heavy atom. The van der Waals surface area contributed by atoms with Gasteiger partial charge in [0.2, 0.25) is 0 Å². The van der Waals surface area contributed by atoms with Gasteiger partial charge in [0, 0.05) is 13.1 Å². The summed E-state index contributed by atoms with van der Waals surface area (Å²) in [5.41, 5.74) is 0.769. The Kier molecular flexibility index (Phi) is 2.90. The molecule has 0 radical (unpaired) electrons. The molecule has 1 aliphatic heterocycles. The van der Waals surface area contributed by atoms with Crippen molar-refractivity contribution in [3.8, 4) is 6.07 Å². The van der Waals surface area contributed by atoms with Gasteiger partial charge in [0.1, 0.15) is 11.9 Å². The lowest BCUT2D eigenvalue weighted by molar-refractivity contribution is -0.0767. The van der Waals surface area contributed by atoms with Gasteiger partial charge >= 0.3 is 0 Å². The smallest absolute Gasteiger partial charge is 0.140 e. The first-order valence-corrected chi connectivity index (χ1v) is 5.16. The van der Waals surface area contributed by atoms with Gasteiger partial charge in [-0.2, -0.15) is 5.26 Å². The van der Waals surface area contributed by atoms with E-state index in [-0.39, 0.29) is 11.2 Å². The molecule has 0 unspecified atom stereocenters. The molecule has 84 valence electrons. The Balaban J connectivity index is 2.02. The molecule has 0 bridgehead atoms. The number of halogens is 1. The zero-order valence-electron chi connectivity index (χ0n) is 9.09. The summed E-state index contributed by atoms with van der Waals surface area (Å²) in [5.74, 6) is -0.484. The molecule has 1 aromatic rings. The summed E-state index contributed by atoms with van der Waals surface area (Å²) in [6.45, 7) is 4.10. The van der Waals surface area contributed by atoms with E-state index in [2.05, 4.69) is 5.32 Å². The van der Waals surface area contributed by atoms with Gasteiger partial charge in [-0.1, -0.05) is 6.07 Å². The first kappa shape index (κ1) is 11.1. The highest BCUT2D eigenvalue weighted by atomic mass is 19.1. The molecule has 16 heavy (non-hydrogen) atoms. The maximum atomic E-state index is 13.0. The lowest BCUT2D eigenvalue weighted by Crippen LogP contribution is -2.58. The molecule has 1 aromatic carbocycles. The number of benzene rings is 1. The Morgan fingerprint density at radius 2 is 2.31 bits per heavy atom. The standard InChI is InChI=1S/C12H13FN2O/c1-12(7-15-8-12)16-6-9-2-3-11(13)10(4-9)5-14/h2-4,15H,6-8H2,1H3. The van der Waals surface area contributed by atoms with Crippen LogP contribution in [0.5, 0.6) is 0 Å². The van der Waals surface area contributed by atoms with E-state index in [1.54, 1.807) is 6.07 Å². The molecule has 0 saturated carbocycles. The molecule has 1 fully saturated rings. The minimum Gasteiger partial charge on any atom is -0.368 e. The third-order valence-electron chi connectivity index (χ3n) is 2.74. The van der Waals surface area contributed by atoms with Crippen molar-refractivity contribution < 1.29 is 9.13 Å². The van der Waals surface area contributed by atoms with Gasteiger partial charge in [-0.05, 0) is 24.6 Å². The van der Waals surface area contributed by atoms with Gasteiger partial charge in [0.25, 0.3) is 0 Å². The summed E-state index contributed by atoms with van der Waals surface area (Å²) in [6.07, 6.45) is 0. The highest BCUT2D eigenvalue weighted by molar-refractivity contribution is 5.34. The van der Waals surface area contributed by atoms with Crippen LogP contribution < -0.4 is 5.32 Å². The van der Waals surface area contributed by atoms with E-state index < -0.39 is 5.82 Å². The van der Waals surface area contributed by atoms with Crippen molar-refractivity contribution in [2.75, 3.05) is 13.1 Å². The zero-order chi connectivity index (χ0) is 11.6. The molecule has 0 spiro atoms. The van der Waals surface area contributed by atoms with Crippen molar-refractivity contribution in [2.45, 2.75) is 19.1 Å². The molecule has 0 aliphatic carbocycles. The molecule has 1 aliphatic rings. The van der Waals surface area contributed by atoms with Crippen LogP contribution in [0.1, 0.15) is 18.1 Å². The first-order valence-electron chi connectivity index (χ1n) is 5.16. The van der Waals surface area contributed by atoms with Crippen LogP contribution in [0.3, 0.4) is 0 Å². The number of hydrogen-bond donors (Lipinski definition) is 1. The minimum atomic E-state index is -0.484. The number of nitrogens with zero attached hydrogens (tertiary/aromatic N) is 1. The van der Waals surface area contributed by atoms with Gasteiger partial charge in [-0.15, -0.1) is 0 Å². The predicted octanol–water partition coefficient (Wildman–Crippen LogP) is 1.58. The fraction of sp³-hybridized carbons (Fsp3) is 0.417.